The molecule has 1 saturated carbocycles. The van der Waals surface area contributed by atoms with Crippen LogP contribution in [0.15, 0.2) is 40.3 Å². The molecule has 0 spiro atoms. The first-order valence-electron chi connectivity index (χ1n) is 11.8. The van der Waals surface area contributed by atoms with Gasteiger partial charge in [-0.3, -0.25) is 9.69 Å². The highest BCUT2D eigenvalue weighted by molar-refractivity contribution is 8.13. The molecule has 1 fully saturated rings. The third-order valence-corrected chi connectivity index (χ3v) is 8.45. The number of hydrogen-bond acceptors (Lipinski definition) is 6. The number of aliphatic imine (C=N–C) groups is 2. The minimum absolute atomic E-state index is 0.106. The van der Waals surface area contributed by atoms with Gasteiger partial charge >= 0.3 is 0 Å². The zero-order chi connectivity index (χ0) is 24.5. The summed E-state index contributed by atoms with van der Waals surface area (Å²) in [6, 6.07) is 8.84. The van der Waals surface area contributed by atoms with Gasteiger partial charge < -0.3 is 9.47 Å². The highest BCUT2D eigenvalue weighted by Crippen LogP contribution is 2.43. The molecule has 1 unspecified atom stereocenters. The zero-order valence-corrected chi connectivity index (χ0v) is 22.1. The molecule has 0 N–H and O–H groups in total. The fourth-order valence-corrected chi connectivity index (χ4v) is 6.64. The predicted octanol–water partition coefficient (Wildman–Crippen LogP) is 6.87. The van der Waals surface area contributed by atoms with Crippen molar-refractivity contribution in [1.82, 2.24) is 4.90 Å². The van der Waals surface area contributed by atoms with E-state index in [0.29, 0.717) is 44.7 Å². The van der Waals surface area contributed by atoms with Crippen molar-refractivity contribution in [2.75, 3.05) is 14.2 Å². The first kappa shape index (κ1) is 24.5. The molecule has 2 aromatic carbocycles. The second-order valence-electron chi connectivity index (χ2n) is 9.04. The minimum Gasteiger partial charge on any atom is -0.493 e. The minimum atomic E-state index is -0.346. The monoisotopic (exact) mass is 531 g/mol. The summed E-state index contributed by atoms with van der Waals surface area (Å²) in [6.45, 7) is 0. The second-order valence-corrected chi connectivity index (χ2v) is 10.8. The van der Waals surface area contributed by atoms with Crippen LogP contribution < -0.4 is 9.47 Å². The predicted molar refractivity (Wildman–Crippen MR) is 143 cm³/mol. The van der Waals surface area contributed by atoms with Gasteiger partial charge in [-0.05, 0) is 36.1 Å². The maximum atomic E-state index is 13.2. The maximum absolute atomic E-state index is 13.2. The summed E-state index contributed by atoms with van der Waals surface area (Å²) in [7, 11) is 3.19. The summed E-state index contributed by atoms with van der Waals surface area (Å²) in [6.07, 6.45) is 6.84. The molecule has 35 heavy (non-hydrogen) atoms. The molecule has 0 aromatic heterocycles. The molecule has 2 aliphatic heterocycles. The number of carbonyl (C=O) groups is 1. The summed E-state index contributed by atoms with van der Waals surface area (Å²) in [5.74, 6) is 2.80. The molecule has 184 valence electrons. The lowest BCUT2D eigenvalue weighted by atomic mass is 9.84. The van der Waals surface area contributed by atoms with E-state index in [2.05, 4.69) is 4.99 Å². The quantitative estimate of drug-likeness (QED) is 0.406. The lowest BCUT2D eigenvalue weighted by molar-refractivity contribution is -0.120. The van der Waals surface area contributed by atoms with E-state index in [4.69, 9.17) is 37.7 Å². The van der Waals surface area contributed by atoms with Crippen molar-refractivity contribution in [3.8, 4) is 11.5 Å². The molecule has 1 amide bonds. The standard InChI is InChI=1S/C26H27Cl2N3O3S/c1-33-22-12-18-20(13-23(22)34-2)29-26(35-14-16-8-9-17(27)11-19(16)28)31-21(25(32)30-24(18)31)10-15-6-4-3-5-7-15/h8-9,11-13,15,21H,3-7,10,14H2,1-2H3. The Hall–Kier alpha value is -2.22. The third-order valence-electron chi connectivity index (χ3n) is 6.86. The van der Waals surface area contributed by atoms with Gasteiger partial charge in [-0.25, -0.2) is 4.99 Å². The lowest BCUT2D eigenvalue weighted by Crippen LogP contribution is -2.44. The number of amides is 1. The second kappa shape index (κ2) is 10.4. The number of ether oxygens (including phenoxy) is 2. The van der Waals surface area contributed by atoms with Crippen LogP contribution in [0.1, 0.15) is 49.7 Å². The number of thioether (sulfide) groups is 1. The van der Waals surface area contributed by atoms with Crippen LogP contribution in [0.2, 0.25) is 10.0 Å². The summed E-state index contributed by atoms with van der Waals surface area (Å²) in [4.78, 5) is 24.8. The molecule has 9 heteroatoms. The van der Waals surface area contributed by atoms with E-state index in [-0.39, 0.29) is 11.9 Å². The number of carbonyl (C=O) groups excluding carboxylic acids is 1. The SMILES string of the molecule is COc1cc2c(cc1OC)C1=NC(=O)C(CC3CCCCC3)N1C(SCc1ccc(Cl)cc1Cl)=N2. The van der Waals surface area contributed by atoms with Crippen LogP contribution in [0.5, 0.6) is 11.5 Å². The Labute approximate surface area is 219 Å². The van der Waals surface area contributed by atoms with Crippen molar-refractivity contribution in [1.29, 1.82) is 0 Å². The smallest absolute Gasteiger partial charge is 0.270 e. The average molecular weight is 532 g/mol. The molecular weight excluding hydrogens is 505 g/mol. The van der Waals surface area contributed by atoms with Crippen LogP contribution in [0.3, 0.4) is 0 Å². The molecule has 0 bridgehead atoms. The molecule has 2 heterocycles. The Morgan fingerprint density at radius 2 is 1.77 bits per heavy atom. The molecule has 1 atom stereocenters. The van der Waals surface area contributed by atoms with E-state index in [9.17, 15) is 4.79 Å². The van der Waals surface area contributed by atoms with E-state index in [1.54, 1.807) is 32.0 Å². The Morgan fingerprint density at radius 3 is 2.49 bits per heavy atom. The number of halogens is 2. The number of amidine groups is 2. The first-order chi connectivity index (χ1) is 17.0. The van der Waals surface area contributed by atoms with Gasteiger partial charge in [0.1, 0.15) is 11.9 Å². The van der Waals surface area contributed by atoms with Crippen molar-refractivity contribution in [3.05, 3.63) is 51.5 Å². The summed E-state index contributed by atoms with van der Waals surface area (Å²) >= 11 is 14.1. The molecule has 5 rings (SSSR count). The largest absolute Gasteiger partial charge is 0.493 e. The molecule has 6 nitrogen and oxygen atoms in total. The highest BCUT2D eigenvalue weighted by Gasteiger charge is 2.43. The van der Waals surface area contributed by atoms with Gasteiger partial charge in [-0.1, -0.05) is 73.1 Å². The number of methoxy groups -OCH3 is 2. The van der Waals surface area contributed by atoms with Gasteiger partial charge in [0.05, 0.1) is 19.9 Å². The first-order valence-corrected chi connectivity index (χ1v) is 13.6. The van der Waals surface area contributed by atoms with Crippen molar-refractivity contribution in [2.45, 2.75) is 50.3 Å². The van der Waals surface area contributed by atoms with Crippen molar-refractivity contribution in [3.63, 3.8) is 0 Å². The van der Waals surface area contributed by atoms with E-state index in [0.717, 1.165) is 35.6 Å². The van der Waals surface area contributed by atoms with E-state index in [1.807, 2.05) is 29.2 Å². The number of rotatable bonds is 6. The number of hydrogen-bond donors (Lipinski definition) is 0. The van der Waals surface area contributed by atoms with Gasteiger partial charge in [0.25, 0.3) is 5.91 Å². The number of benzene rings is 2. The molecule has 3 aliphatic rings. The van der Waals surface area contributed by atoms with Crippen molar-refractivity contribution >= 4 is 57.6 Å². The summed E-state index contributed by atoms with van der Waals surface area (Å²) in [5.41, 5.74) is 2.43. The van der Waals surface area contributed by atoms with Gasteiger partial charge in [-0.2, -0.15) is 4.99 Å². The summed E-state index contributed by atoms with van der Waals surface area (Å²) in [5, 5.41) is 1.94. The molecule has 0 radical (unpaired) electrons. The Balaban J connectivity index is 1.51. The Kier molecular flexibility index (Phi) is 7.28. The average Bonchev–Trinajstić information content (AvgIpc) is 3.19. The lowest BCUT2D eigenvalue weighted by Gasteiger charge is -2.33. The topological polar surface area (TPSA) is 63.5 Å². The van der Waals surface area contributed by atoms with E-state index >= 15 is 0 Å². The van der Waals surface area contributed by atoms with Crippen LogP contribution in [0, 0.1) is 5.92 Å². The van der Waals surface area contributed by atoms with Crippen LogP contribution >= 0.6 is 35.0 Å². The van der Waals surface area contributed by atoms with Crippen molar-refractivity contribution in [2.24, 2.45) is 15.9 Å². The van der Waals surface area contributed by atoms with Crippen LogP contribution in [0.25, 0.3) is 0 Å². The van der Waals surface area contributed by atoms with E-state index in [1.165, 1.54) is 19.3 Å². The maximum Gasteiger partial charge on any atom is 0.270 e. The molecular formula is C26H27Cl2N3O3S. The number of nitrogens with zero attached hydrogens (tertiary/aromatic N) is 3. The summed E-state index contributed by atoms with van der Waals surface area (Å²) < 4.78 is 11.0. The fourth-order valence-electron chi connectivity index (χ4n) is 5.03. The molecule has 0 saturated heterocycles. The Bertz CT molecular complexity index is 1210. The normalized spacial score (nSPS) is 19.7. The van der Waals surface area contributed by atoms with E-state index < -0.39 is 0 Å². The van der Waals surface area contributed by atoms with Gasteiger partial charge in [0.15, 0.2) is 16.7 Å². The zero-order valence-electron chi connectivity index (χ0n) is 19.7. The van der Waals surface area contributed by atoms with Gasteiger partial charge in [0, 0.05) is 27.4 Å². The number of fused-ring (bicyclic) bond motifs is 3. The van der Waals surface area contributed by atoms with Crippen LogP contribution in [0.4, 0.5) is 5.69 Å². The van der Waals surface area contributed by atoms with Gasteiger partial charge in [0.2, 0.25) is 0 Å². The van der Waals surface area contributed by atoms with Crippen LogP contribution in [-0.4, -0.2) is 42.1 Å². The molecule has 1 aliphatic carbocycles. The van der Waals surface area contributed by atoms with Crippen LogP contribution in [-0.2, 0) is 10.5 Å². The van der Waals surface area contributed by atoms with Gasteiger partial charge in [-0.15, -0.1) is 0 Å². The third kappa shape index (κ3) is 4.91. The highest BCUT2D eigenvalue weighted by atomic mass is 35.5. The fraction of sp³-hybridized carbons (Fsp3) is 0.423. The van der Waals surface area contributed by atoms with Crippen molar-refractivity contribution < 1.29 is 14.3 Å². The Morgan fingerprint density at radius 1 is 1.03 bits per heavy atom. The molecule has 2 aromatic rings.